The van der Waals surface area contributed by atoms with E-state index >= 15 is 0 Å². The summed E-state index contributed by atoms with van der Waals surface area (Å²) in [6, 6.07) is 134. The van der Waals surface area contributed by atoms with Gasteiger partial charge in [-0.05, 0) is 155 Å². The average molecular weight is 1460 g/mol. The summed E-state index contributed by atoms with van der Waals surface area (Å²) >= 11 is 0. The number of benzene rings is 15. The topological polar surface area (TPSA) is 116 Å². The van der Waals surface area contributed by atoms with Crippen molar-refractivity contribution in [3.05, 3.63) is 419 Å². The van der Waals surface area contributed by atoms with E-state index in [-0.39, 0.29) is 0 Å². The van der Waals surface area contributed by atoms with Crippen molar-refractivity contribution in [2.75, 3.05) is 0 Å². The van der Waals surface area contributed by atoms with Gasteiger partial charge >= 0.3 is 0 Å². The Labute approximate surface area is 659 Å². The predicted octanol–water partition coefficient (Wildman–Crippen LogP) is 26.5. The smallest absolute Gasteiger partial charge is 0.0979 e. The van der Waals surface area contributed by atoms with Crippen LogP contribution in [0, 0.1) is 0 Å². The molecule has 6 aromatic heterocycles. The van der Waals surface area contributed by atoms with Gasteiger partial charge in [-0.15, -0.1) is 0 Å². The molecule has 114 heavy (non-hydrogen) atoms. The lowest BCUT2D eigenvalue weighted by molar-refractivity contribution is 1.29. The van der Waals surface area contributed by atoms with Crippen molar-refractivity contribution < 1.29 is 0 Å². The SMILES string of the molecule is c1ccc(-c2nc3ccccc3nc2-c2ccc(-c3ccc(-c4ccncc4)c4ccccc34)cc2)cc1.c1ccc(-c2nc3ccccc3nc2-c2cccc3c(-c4ccc(-c5ccccn5)cc4)cccc23)cc1.c1ccc(-c2nc3ccccc3nc2-c2cccc3c(-c4ccc(-c5cccnc5)cc4)cccc23)cc1. The standard InChI is InChI=1S/3C35H23N3/c1-2-9-26(10-3-1)34-35(38-33-17-5-4-16-32(33)37-34)31-15-7-13-29-28(12-6-14-30(29)31)25-20-18-24(19-21-25)27-11-8-22-36-23-27;1-2-10-26(11-3-1)34-35(38-33-18-5-4-17-32(33)37-34)30-15-9-13-28-27(12-8-14-29(28)30)24-19-21-25(22-20-24)31-16-6-7-23-36-31;1-2-8-26(9-3-1)34-35(38-33-13-7-6-12-32(33)37-34)27-16-14-24(15-17-27)28-18-19-29(25-20-22-36-23-21-25)31-11-5-4-10-30(28)31/h3*1-23H. The van der Waals surface area contributed by atoms with Crippen LogP contribution >= 0.6 is 0 Å². The van der Waals surface area contributed by atoms with Gasteiger partial charge in [0.2, 0.25) is 0 Å². The fourth-order valence-corrected chi connectivity index (χ4v) is 15.4. The number of aromatic nitrogens is 9. The van der Waals surface area contributed by atoms with Gasteiger partial charge in [0.1, 0.15) is 0 Å². The third-order valence-electron chi connectivity index (χ3n) is 20.9. The van der Waals surface area contributed by atoms with Crippen LogP contribution in [0.3, 0.4) is 0 Å². The normalized spacial score (nSPS) is 11.2. The van der Waals surface area contributed by atoms with E-state index in [0.29, 0.717) is 0 Å². The largest absolute Gasteiger partial charge is 0.265 e. The first kappa shape index (κ1) is 69.0. The molecule has 0 aliphatic rings. The molecule has 0 aliphatic heterocycles. The summed E-state index contributed by atoms with van der Waals surface area (Å²) in [5.41, 5.74) is 30.9. The highest BCUT2D eigenvalue weighted by atomic mass is 14.9. The Kier molecular flexibility index (Phi) is 18.9. The highest BCUT2D eigenvalue weighted by molar-refractivity contribution is 6.09. The lowest BCUT2D eigenvalue weighted by Crippen LogP contribution is -1.96. The minimum atomic E-state index is 0.888. The third-order valence-corrected chi connectivity index (χ3v) is 20.9. The zero-order chi connectivity index (χ0) is 75.9. The lowest BCUT2D eigenvalue weighted by Gasteiger charge is -2.14. The molecule has 21 aromatic rings. The summed E-state index contributed by atoms with van der Waals surface area (Å²) in [6.07, 6.45) is 9.21. The second-order valence-electron chi connectivity index (χ2n) is 27.9. The summed E-state index contributed by atoms with van der Waals surface area (Å²) < 4.78 is 0. The molecule has 534 valence electrons. The van der Waals surface area contributed by atoms with Crippen LogP contribution in [-0.4, -0.2) is 44.9 Å². The first-order valence-corrected chi connectivity index (χ1v) is 38.1. The summed E-state index contributed by atoms with van der Waals surface area (Å²) in [4.78, 5) is 43.5. The monoisotopic (exact) mass is 1460 g/mol. The molecule has 0 spiro atoms. The molecule has 0 unspecified atom stereocenters. The van der Waals surface area contributed by atoms with Gasteiger partial charge in [-0.3, -0.25) is 15.0 Å². The maximum absolute atomic E-state index is 5.15. The molecule has 0 fully saturated rings. The number of pyridine rings is 3. The molecule has 9 heteroatoms. The second-order valence-corrected chi connectivity index (χ2v) is 27.9. The van der Waals surface area contributed by atoms with Crippen molar-refractivity contribution in [3.8, 4) is 134 Å². The summed E-state index contributed by atoms with van der Waals surface area (Å²) in [5, 5.41) is 7.14. The first-order valence-electron chi connectivity index (χ1n) is 38.1. The van der Waals surface area contributed by atoms with Gasteiger partial charge in [-0.25, -0.2) is 29.9 Å². The van der Waals surface area contributed by atoms with Crippen LogP contribution in [-0.2, 0) is 0 Å². The minimum absolute atomic E-state index is 0.888. The minimum Gasteiger partial charge on any atom is -0.265 e. The number of fused-ring (bicyclic) bond motifs is 6. The van der Waals surface area contributed by atoms with Crippen LogP contribution in [0.5, 0.6) is 0 Å². The van der Waals surface area contributed by atoms with Crippen molar-refractivity contribution in [2.45, 2.75) is 0 Å². The van der Waals surface area contributed by atoms with E-state index in [4.69, 9.17) is 29.9 Å². The van der Waals surface area contributed by atoms with E-state index in [0.717, 1.165) is 134 Å². The van der Waals surface area contributed by atoms with Crippen molar-refractivity contribution in [1.82, 2.24) is 44.9 Å². The highest BCUT2D eigenvalue weighted by Crippen LogP contribution is 2.43. The molecule has 6 heterocycles. The molecule has 0 atom stereocenters. The molecule has 0 saturated carbocycles. The molecular weight excluding hydrogens is 1390 g/mol. The van der Waals surface area contributed by atoms with E-state index in [2.05, 4.69) is 252 Å². The Morgan fingerprint density at radius 3 is 0.816 bits per heavy atom. The molecule has 15 aromatic carbocycles. The van der Waals surface area contributed by atoms with E-state index in [1.807, 2.05) is 176 Å². The number of nitrogens with zero attached hydrogens (tertiary/aromatic N) is 9. The van der Waals surface area contributed by atoms with Gasteiger partial charge in [0, 0.05) is 69.9 Å². The van der Waals surface area contributed by atoms with Gasteiger partial charge in [0.05, 0.1) is 73.0 Å². The molecule has 0 aliphatic carbocycles. The van der Waals surface area contributed by atoms with Crippen LogP contribution in [0.2, 0.25) is 0 Å². The fourth-order valence-electron chi connectivity index (χ4n) is 15.4. The Morgan fingerprint density at radius 1 is 0.140 bits per heavy atom. The first-order chi connectivity index (χ1) is 56.5. The molecular formula is C105H69N9. The maximum Gasteiger partial charge on any atom is 0.0979 e. The van der Waals surface area contributed by atoms with Gasteiger partial charge in [0.25, 0.3) is 0 Å². The maximum atomic E-state index is 5.15. The average Bonchev–Trinajstić information content (AvgIpc) is 0.755. The quantitative estimate of drug-likeness (QED) is 0.118. The van der Waals surface area contributed by atoms with Crippen LogP contribution < -0.4 is 0 Å². The van der Waals surface area contributed by atoms with Crippen molar-refractivity contribution in [2.24, 2.45) is 0 Å². The van der Waals surface area contributed by atoms with Crippen molar-refractivity contribution in [1.29, 1.82) is 0 Å². The summed E-state index contributed by atoms with van der Waals surface area (Å²) in [7, 11) is 0. The second kappa shape index (κ2) is 31.3. The van der Waals surface area contributed by atoms with E-state index < -0.39 is 0 Å². The highest BCUT2D eigenvalue weighted by Gasteiger charge is 2.21. The molecule has 0 radical (unpaired) electrons. The Hall–Kier alpha value is -15.5. The lowest BCUT2D eigenvalue weighted by atomic mass is 9.92. The van der Waals surface area contributed by atoms with Crippen LogP contribution in [0.15, 0.2) is 419 Å². The molecule has 9 nitrogen and oxygen atoms in total. The van der Waals surface area contributed by atoms with Crippen molar-refractivity contribution >= 4 is 65.4 Å². The molecule has 0 saturated heterocycles. The number of rotatable bonds is 12. The summed E-state index contributed by atoms with van der Waals surface area (Å²) in [6.45, 7) is 0. The molecule has 0 N–H and O–H groups in total. The Bertz CT molecular complexity index is 6750. The molecule has 0 bridgehead atoms. The van der Waals surface area contributed by atoms with Gasteiger partial charge < -0.3 is 0 Å². The number of para-hydroxylation sites is 6. The predicted molar refractivity (Wildman–Crippen MR) is 470 cm³/mol. The van der Waals surface area contributed by atoms with E-state index in [9.17, 15) is 0 Å². The Balaban J connectivity index is 0.000000115. The van der Waals surface area contributed by atoms with E-state index in [1.165, 1.54) is 66.1 Å². The third kappa shape index (κ3) is 13.9. The zero-order valence-corrected chi connectivity index (χ0v) is 61.9. The van der Waals surface area contributed by atoms with Crippen LogP contribution in [0.1, 0.15) is 0 Å². The zero-order valence-electron chi connectivity index (χ0n) is 61.9. The number of hydrogen-bond acceptors (Lipinski definition) is 9. The van der Waals surface area contributed by atoms with Gasteiger partial charge in [0.15, 0.2) is 0 Å². The van der Waals surface area contributed by atoms with Crippen LogP contribution in [0.25, 0.3) is 200 Å². The van der Waals surface area contributed by atoms with E-state index in [1.54, 1.807) is 6.20 Å². The molecule has 21 rings (SSSR count). The summed E-state index contributed by atoms with van der Waals surface area (Å²) in [5.74, 6) is 0. The van der Waals surface area contributed by atoms with Crippen molar-refractivity contribution in [3.63, 3.8) is 0 Å². The Morgan fingerprint density at radius 2 is 0.430 bits per heavy atom. The number of hydrogen-bond donors (Lipinski definition) is 0. The fraction of sp³-hybridized carbons (Fsp3) is 0. The molecule has 0 amide bonds. The van der Waals surface area contributed by atoms with Crippen LogP contribution in [0.4, 0.5) is 0 Å². The van der Waals surface area contributed by atoms with Gasteiger partial charge in [-0.1, -0.05) is 322 Å². The van der Waals surface area contributed by atoms with Gasteiger partial charge in [-0.2, -0.15) is 0 Å².